The van der Waals surface area contributed by atoms with E-state index in [1.165, 1.54) is 12.1 Å². The van der Waals surface area contributed by atoms with E-state index in [4.69, 9.17) is 23.2 Å². The smallest absolute Gasteiger partial charge is 0.269 e. The number of allylic oxidation sites excluding steroid dienone is 2. The molecule has 1 aromatic rings. The van der Waals surface area contributed by atoms with E-state index in [2.05, 4.69) is 4.99 Å². The SMILES string of the molecule is CN(C)/C=C1\C(Cl)=NC(Cl)=C(C=O)C1c1cccc([N+](=O)[O-])c1. The molecule has 0 saturated heterocycles. The Morgan fingerprint density at radius 2 is 2.04 bits per heavy atom. The molecule has 23 heavy (non-hydrogen) atoms. The Morgan fingerprint density at radius 1 is 1.35 bits per heavy atom. The van der Waals surface area contributed by atoms with Crippen molar-refractivity contribution in [1.29, 1.82) is 0 Å². The molecule has 6 nitrogen and oxygen atoms in total. The molecule has 0 bridgehead atoms. The lowest BCUT2D eigenvalue weighted by molar-refractivity contribution is -0.384. The zero-order valence-corrected chi connectivity index (χ0v) is 13.9. The third-order valence-corrected chi connectivity index (χ3v) is 3.84. The van der Waals surface area contributed by atoms with Crippen LogP contribution < -0.4 is 0 Å². The maximum atomic E-state index is 11.5. The van der Waals surface area contributed by atoms with Gasteiger partial charge < -0.3 is 4.90 Å². The summed E-state index contributed by atoms with van der Waals surface area (Å²) in [5, 5.41) is 11.1. The van der Waals surface area contributed by atoms with Crippen molar-refractivity contribution >= 4 is 40.3 Å². The van der Waals surface area contributed by atoms with E-state index in [1.54, 1.807) is 37.3 Å². The molecule has 0 radical (unpaired) electrons. The summed E-state index contributed by atoms with van der Waals surface area (Å²) < 4.78 is 0. The number of carbonyl (C=O) groups is 1. The molecule has 0 aromatic heterocycles. The summed E-state index contributed by atoms with van der Waals surface area (Å²) in [5.41, 5.74) is 1.22. The lowest BCUT2D eigenvalue weighted by Gasteiger charge is -2.25. The van der Waals surface area contributed by atoms with E-state index in [-0.39, 0.29) is 21.6 Å². The highest BCUT2D eigenvalue weighted by atomic mass is 35.5. The van der Waals surface area contributed by atoms with E-state index >= 15 is 0 Å². The number of rotatable bonds is 4. The van der Waals surface area contributed by atoms with Crippen LogP contribution in [0.25, 0.3) is 0 Å². The Kier molecular flexibility index (Phi) is 5.18. The number of nitrogens with zero attached hydrogens (tertiary/aromatic N) is 3. The van der Waals surface area contributed by atoms with Crippen molar-refractivity contribution < 1.29 is 9.72 Å². The number of hydrogen-bond acceptors (Lipinski definition) is 5. The van der Waals surface area contributed by atoms with Crippen molar-refractivity contribution in [2.24, 2.45) is 4.99 Å². The number of non-ortho nitro benzene ring substituents is 1. The number of aldehydes is 1. The van der Waals surface area contributed by atoms with Crippen LogP contribution in [0.1, 0.15) is 11.5 Å². The lowest BCUT2D eigenvalue weighted by Crippen LogP contribution is -2.19. The van der Waals surface area contributed by atoms with Crippen molar-refractivity contribution in [3.05, 3.63) is 62.4 Å². The number of nitro groups is 1. The van der Waals surface area contributed by atoms with E-state index in [9.17, 15) is 14.9 Å². The molecule has 8 heteroatoms. The molecule has 1 unspecified atom stereocenters. The number of carbonyl (C=O) groups excluding carboxylic acids is 1. The molecule has 120 valence electrons. The van der Waals surface area contributed by atoms with Crippen molar-refractivity contribution in [3.8, 4) is 0 Å². The van der Waals surface area contributed by atoms with Crippen LogP contribution in [0.3, 0.4) is 0 Å². The second kappa shape index (κ2) is 6.93. The first-order chi connectivity index (χ1) is 10.8. The quantitative estimate of drug-likeness (QED) is 0.359. The zero-order chi connectivity index (χ0) is 17.1. The van der Waals surface area contributed by atoms with Gasteiger partial charge in [-0.2, -0.15) is 0 Å². The second-order valence-corrected chi connectivity index (χ2v) is 5.82. The molecular weight excluding hydrogens is 341 g/mol. The molecule has 2 rings (SSSR count). The average Bonchev–Trinajstić information content (AvgIpc) is 2.49. The van der Waals surface area contributed by atoms with Crippen LogP contribution in [0, 0.1) is 10.1 Å². The minimum absolute atomic E-state index is 0.0163. The predicted octanol–water partition coefficient (Wildman–Crippen LogP) is 3.42. The number of benzene rings is 1. The number of nitro benzene ring substituents is 1. The van der Waals surface area contributed by atoms with Crippen LogP contribution in [-0.4, -0.2) is 35.4 Å². The Labute approximate surface area is 142 Å². The van der Waals surface area contributed by atoms with Gasteiger partial charge in [-0.25, -0.2) is 4.99 Å². The van der Waals surface area contributed by atoms with E-state index < -0.39 is 10.8 Å². The maximum absolute atomic E-state index is 11.5. The Morgan fingerprint density at radius 3 is 2.61 bits per heavy atom. The van der Waals surface area contributed by atoms with Crippen LogP contribution in [-0.2, 0) is 4.79 Å². The van der Waals surface area contributed by atoms with Gasteiger partial charge in [0.25, 0.3) is 5.69 Å². The predicted molar refractivity (Wildman–Crippen MR) is 89.8 cm³/mol. The van der Waals surface area contributed by atoms with E-state index in [0.717, 1.165) is 0 Å². The van der Waals surface area contributed by atoms with Crippen LogP contribution in [0.2, 0.25) is 0 Å². The van der Waals surface area contributed by atoms with Gasteiger partial charge in [0.2, 0.25) is 0 Å². The van der Waals surface area contributed by atoms with E-state index in [1.807, 2.05) is 0 Å². The molecule has 0 aliphatic carbocycles. The first kappa shape index (κ1) is 17.2. The fourth-order valence-corrected chi connectivity index (χ4v) is 2.84. The monoisotopic (exact) mass is 353 g/mol. The third-order valence-electron chi connectivity index (χ3n) is 3.23. The molecule has 0 saturated carbocycles. The molecule has 0 spiro atoms. The summed E-state index contributed by atoms with van der Waals surface area (Å²) in [6, 6.07) is 6.02. The number of hydrogen-bond donors (Lipinski definition) is 0. The summed E-state index contributed by atoms with van der Waals surface area (Å²) in [6.07, 6.45) is 2.31. The highest BCUT2D eigenvalue weighted by molar-refractivity contribution is 6.70. The van der Waals surface area contributed by atoms with Crippen molar-refractivity contribution in [3.63, 3.8) is 0 Å². The molecule has 0 fully saturated rings. The summed E-state index contributed by atoms with van der Waals surface area (Å²) in [5.74, 6) is -0.618. The van der Waals surface area contributed by atoms with Crippen LogP contribution >= 0.6 is 23.2 Å². The van der Waals surface area contributed by atoms with Gasteiger partial charge in [0.1, 0.15) is 16.6 Å². The standard InChI is InChI=1S/C15H13Cl2N3O3/c1-19(2)7-11-13(12(8-21)15(17)18-14(11)16)9-4-3-5-10(6-9)20(22)23/h3-8,13H,1-2H3/b11-7-. The van der Waals surface area contributed by atoms with Gasteiger partial charge in [-0.3, -0.25) is 14.9 Å². The molecule has 1 aliphatic heterocycles. The van der Waals surface area contributed by atoms with Crippen molar-refractivity contribution in [2.45, 2.75) is 5.92 Å². The molecular formula is C15H13Cl2N3O3. The Bertz CT molecular complexity index is 754. The highest BCUT2D eigenvalue weighted by Gasteiger charge is 2.31. The minimum Gasteiger partial charge on any atom is -0.383 e. The normalized spacial score (nSPS) is 19.6. The van der Waals surface area contributed by atoms with Gasteiger partial charge in [-0.05, 0) is 5.56 Å². The third kappa shape index (κ3) is 3.60. The maximum Gasteiger partial charge on any atom is 0.269 e. The summed E-state index contributed by atoms with van der Waals surface area (Å²) in [6.45, 7) is 0. The topological polar surface area (TPSA) is 75.8 Å². The first-order valence-electron chi connectivity index (χ1n) is 6.57. The Balaban J connectivity index is 2.67. The van der Waals surface area contributed by atoms with Crippen molar-refractivity contribution in [2.75, 3.05) is 14.1 Å². The highest BCUT2D eigenvalue weighted by Crippen LogP contribution is 2.40. The summed E-state index contributed by atoms with van der Waals surface area (Å²) in [4.78, 5) is 27.7. The molecule has 1 atom stereocenters. The van der Waals surface area contributed by atoms with Gasteiger partial charge in [-0.15, -0.1) is 0 Å². The molecule has 1 heterocycles. The fourth-order valence-electron chi connectivity index (χ4n) is 2.32. The van der Waals surface area contributed by atoms with Crippen LogP contribution in [0.5, 0.6) is 0 Å². The lowest BCUT2D eigenvalue weighted by atomic mass is 9.84. The number of aliphatic imine (C=N–C) groups is 1. The second-order valence-electron chi connectivity index (χ2n) is 5.10. The average molecular weight is 354 g/mol. The Hall–Kier alpha value is -2.18. The molecule has 1 aromatic carbocycles. The first-order valence-corrected chi connectivity index (χ1v) is 7.32. The summed E-state index contributed by atoms with van der Waals surface area (Å²) in [7, 11) is 3.59. The molecule has 0 amide bonds. The van der Waals surface area contributed by atoms with Gasteiger partial charge in [-0.1, -0.05) is 35.3 Å². The van der Waals surface area contributed by atoms with Gasteiger partial charge in [0.15, 0.2) is 0 Å². The summed E-state index contributed by atoms with van der Waals surface area (Å²) >= 11 is 12.2. The fraction of sp³-hybridized carbons (Fsp3) is 0.200. The largest absolute Gasteiger partial charge is 0.383 e. The minimum atomic E-state index is -0.618. The van der Waals surface area contributed by atoms with Gasteiger partial charge >= 0.3 is 0 Å². The van der Waals surface area contributed by atoms with Gasteiger partial charge in [0, 0.05) is 49.5 Å². The molecule has 1 aliphatic rings. The van der Waals surface area contributed by atoms with Crippen LogP contribution in [0.15, 0.2) is 51.8 Å². The van der Waals surface area contributed by atoms with E-state index in [0.29, 0.717) is 17.4 Å². The van der Waals surface area contributed by atoms with Gasteiger partial charge in [0.05, 0.1) is 4.92 Å². The molecule has 0 N–H and O–H groups in total. The van der Waals surface area contributed by atoms with Crippen molar-refractivity contribution in [1.82, 2.24) is 4.90 Å². The number of halogens is 2. The zero-order valence-electron chi connectivity index (χ0n) is 12.4. The van der Waals surface area contributed by atoms with Crippen LogP contribution in [0.4, 0.5) is 5.69 Å².